The van der Waals surface area contributed by atoms with Crippen LogP contribution in [0.3, 0.4) is 0 Å². The SMILES string of the molecule is CC1CCc2ccccc2N1C(=O)C1(C)CCCCN1. The third kappa shape index (κ3) is 2.24. The van der Waals surface area contributed by atoms with Crippen molar-refractivity contribution >= 4 is 11.6 Å². The first-order valence-corrected chi connectivity index (χ1v) is 7.78. The Bertz CT molecular complexity index is 505. The summed E-state index contributed by atoms with van der Waals surface area (Å²) in [5.74, 6) is 0.247. The van der Waals surface area contributed by atoms with Gasteiger partial charge in [-0.1, -0.05) is 18.2 Å². The van der Waals surface area contributed by atoms with Gasteiger partial charge in [0.1, 0.15) is 0 Å². The normalized spacial score (nSPS) is 29.9. The van der Waals surface area contributed by atoms with E-state index in [0.717, 1.165) is 37.9 Å². The number of nitrogens with zero attached hydrogens (tertiary/aromatic N) is 1. The summed E-state index contributed by atoms with van der Waals surface area (Å²) in [5, 5.41) is 3.45. The molecule has 1 fully saturated rings. The van der Waals surface area contributed by atoms with E-state index in [2.05, 4.69) is 37.4 Å². The van der Waals surface area contributed by atoms with Gasteiger partial charge in [-0.15, -0.1) is 0 Å². The van der Waals surface area contributed by atoms with Gasteiger partial charge >= 0.3 is 0 Å². The summed E-state index contributed by atoms with van der Waals surface area (Å²) in [4.78, 5) is 15.2. The summed E-state index contributed by atoms with van der Waals surface area (Å²) in [6.45, 7) is 5.19. The number of carbonyl (C=O) groups is 1. The van der Waals surface area contributed by atoms with Gasteiger partial charge in [-0.05, 0) is 64.1 Å². The van der Waals surface area contributed by atoms with E-state index in [-0.39, 0.29) is 11.9 Å². The topological polar surface area (TPSA) is 32.3 Å². The zero-order valence-corrected chi connectivity index (χ0v) is 12.5. The van der Waals surface area contributed by atoms with E-state index >= 15 is 0 Å². The average molecular weight is 272 g/mol. The van der Waals surface area contributed by atoms with Crippen LogP contribution in [0.4, 0.5) is 5.69 Å². The fourth-order valence-corrected chi connectivity index (χ4v) is 3.50. The van der Waals surface area contributed by atoms with E-state index in [1.54, 1.807) is 0 Å². The van der Waals surface area contributed by atoms with Crippen LogP contribution in [-0.4, -0.2) is 24.0 Å². The van der Waals surface area contributed by atoms with Gasteiger partial charge in [0.05, 0.1) is 5.54 Å². The van der Waals surface area contributed by atoms with E-state index < -0.39 is 5.54 Å². The number of anilines is 1. The molecule has 2 atom stereocenters. The Balaban J connectivity index is 1.94. The van der Waals surface area contributed by atoms with Gasteiger partial charge in [-0.25, -0.2) is 0 Å². The molecule has 3 heteroatoms. The maximum absolute atomic E-state index is 13.1. The van der Waals surface area contributed by atoms with Gasteiger partial charge in [0, 0.05) is 11.7 Å². The Labute approximate surface area is 121 Å². The van der Waals surface area contributed by atoms with Crippen molar-refractivity contribution in [2.24, 2.45) is 0 Å². The van der Waals surface area contributed by atoms with Crippen LogP contribution in [0, 0.1) is 0 Å². The van der Waals surface area contributed by atoms with Crippen LogP contribution in [0.2, 0.25) is 0 Å². The summed E-state index contributed by atoms with van der Waals surface area (Å²) >= 11 is 0. The molecule has 2 heterocycles. The monoisotopic (exact) mass is 272 g/mol. The van der Waals surface area contributed by atoms with E-state index in [9.17, 15) is 4.79 Å². The van der Waals surface area contributed by atoms with Crippen molar-refractivity contribution in [2.75, 3.05) is 11.4 Å². The molecule has 0 saturated carbocycles. The van der Waals surface area contributed by atoms with Crippen LogP contribution >= 0.6 is 0 Å². The highest BCUT2D eigenvalue weighted by Crippen LogP contribution is 2.33. The van der Waals surface area contributed by atoms with E-state index in [1.165, 1.54) is 12.0 Å². The predicted molar refractivity (Wildman–Crippen MR) is 82.0 cm³/mol. The number of benzene rings is 1. The molecule has 3 nitrogen and oxygen atoms in total. The minimum Gasteiger partial charge on any atom is -0.308 e. The second-order valence-corrected chi connectivity index (χ2v) is 6.41. The first-order chi connectivity index (χ1) is 9.62. The second-order valence-electron chi connectivity index (χ2n) is 6.41. The molecule has 2 unspecified atom stereocenters. The minimum atomic E-state index is -0.392. The number of rotatable bonds is 1. The summed E-state index contributed by atoms with van der Waals surface area (Å²) in [6, 6.07) is 8.64. The van der Waals surface area contributed by atoms with Gasteiger partial charge in [0.25, 0.3) is 0 Å². The predicted octanol–water partition coefficient (Wildman–Crippen LogP) is 2.89. The molecule has 108 valence electrons. The van der Waals surface area contributed by atoms with Crippen molar-refractivity contribution < 1.29 is 4.79 Å². The molecule has 0 aromatic heterocycles. The number of amides is 1. The molecule has 1 aromatic carbocycles. The van der Waals surface area contributed by atoms with Gasteiger partial charge < -0.3 is 10.2 Å². The Kier molecular flexibility index (Phi) is 3.55. The quantitative estimate of drug-likeness (QED) is 0.852. The van der Waals surface area contributed by atoms with Crippen LogP contribution in [0.15, 0.2) is 24.3 Å². The highest BCUT2D eigenvalue weighted by Gasteiger charge is 2.41. The fraction of sp³-hybridized carbons (Fsp3) is 0.588. The van der Waals surface area contributed by atoms with Crippen molar-refractivity contribution in [3.05, 3.63) is 29.8 Å². The Morgan fingerprint density at radius 2 is 2.15 bits per heavy atom. The summed E-state index contributed by atoms with van der Waals surface area (Å²) in [5.41, 5.74) is 2.03. The molecular weight excluding hydrogens is 248 g/mol. The number of nitrogens with one attached hydrogen (secondary N) is 1. The first kappa shape index (κ1) is 13.6. The van der Waals surface area contributed by atoms with E-state index in [0.29, 0.717) is 0 Å². The third-order valence-electron chi connectivity index (χ3n) is 4.83. The smallest absolute Gasteiger partial charge is 0.247 e. The van der Waals surface area contributed by atoms with Crippen molar-refractivity contribution in [2.45, 2.75) is 57.5 Å². The summed E-state index contributed by atoms with van der Waals surface area (Å²) in [7, 11) is 0. The maximum atomic E-state index is 13.1. The van der Waals surface area contributed by atoms with Crippen LogP contribution < -0.4 is 10.2 Å². The van der Waals surface area contributed by atoms with Crippen LogP contribution in [0.1, 0.15) is 45.1 Å². The molecule has 0 radical (unpaired) electrons. The highest BCUT2D eigenvalue weighted by molar-refractivity contribution is 6.01. The minimum absolute atomic E-state index is 0.247. The zero-order chi connectivity index (χ0) is 14.2. The van der Waals surface area contributed by atoms with Gasteiger partial charge in [-0.3, -0.25) is 4.79 Å². The summed E-state index contributed by atoms with van der Waals surface area (Å²) < 4.78 is 0. The standard InChI is InChI=1S/C17H24N2O/c1-13-9-10-14-7-3-4-8-15(14)19(13)16(20)17(2)11-5-6-12-18-17/h3-4,7-8,13,18H,5-6,9-12H2,1-2H3. The lowest BCUT2D eigenvalue weighted by Gasteiger charge is -2.43. The number of para-hydroxylation sites is 1. The highest BCUT2D eigenvalue weighted by atomic mass is 16.2. The third-order valence-corrected chi connectivity index (χ3v) is 4.83. The Morgan fingerprint density at radius 3 is 2.90 bits per heavy atom. The largest absolute Gasteiger partial charge is 0.308 e. The lowest BCUT2D eigenvalue weighted by atomic mass is 9.87. The van der Waals surface area contributed by atoms with Crippen LogP contribution in [0.5, 0.6) is 0 Å². The number of fused-ring (bicyclic) bond motifs is 1. The molecule has 20 heavy (non-hydrogen) atoms. The number of hydrogen-bond donors (Lipinski definition) is 1. The molecule has 1 aromatic rings. The molecule has 0 aliphatic carbocycles. The molecule has 3 rings (SSSR count). The van der Waals surface area contributed by atoms with Gasteiger partial charge in [0.2, 0.25) is 5.91 Å². The van der Waals surface area contributed by atoms with Crippen LogP contribution in [-0.2, 0) is 11.2 Å². The van der Waals surface area contributed by atoms with E-state index in [1.807, 2.05) is 11.0 Å². The molecule has 2 aliphatic rings. The number of piperidine rings is 1. The molecule has 1 N–H and O–H groups in total. The first-order valence-electron chi connectivity index (χ1n) is 7.78. The summed E-state index contributed by atoms with van der Waals surface area (Å²) in [6.07, 6.45) is 5.38. The van der Waals surface area contributed by atoms with Crippen LogP contribution in [0.25, 0.3) is 0 Å². The Morgan fingerprint density at radius 1 is 1.35 bits per heavy atom. The zero-order valence-electron chi connectivity index (χ0n) is 12.5. The fourth-order valence-electron chi connectivity index (χ4n) is 3.50. The van der Waals surface area contributed by atoms with Gasteiger partial charge in [-0.2, -0.15) is 0 Å². The Hall–Kier alpha value is -1.35. The van der Waals surface area contributed by atoms with Gasteiger partial charge in [0.15, 0.2) is 0 Å². The maximum Gasteiger partial charge on any atom is 0.247 e. The molecule has 2 aliphatic heterocycles. The van der Waals surface area contributed by atoms with Crippen molar-refractivity contribution in [3.8, 4) is 0 Å². The molecule has 0 spiro atoms. The molecule has 1 amide bonds. The van der Waals surface area contributed by atoms with Crippen molar-refractivity contribution in [3.63, 3.8) is 0 Å². The average Bonchev–Trinajstić information content (AvgIpc) is 2.47. The molecule has 0 bridgehead atoms. The molecular formula is C17H24N2O. The second kappa shape index (κ2) is 5.21. The van der Waals surface area contributed by atoms with Crippen molar-refractivity contribution in [1.82, 2.24) is 5.32 Å². The number of carbonyl (C=O) groups excluding carboxylic acids is 1. The lowest BCUT2D eigenvalue weighted by molar-refractivity contribution is -0.125. The number of aryl methyl sites for hydroxylation is 1. The number of hydrogen-bond acceptors (Lipinski definition) is 2. The molecule has 1 saturated heterocycles. The van der Waals surface area contributed by atoms with E-state index in [4.69, 9.17) is 0 Å². The lowest BCUT2D eigenvalue weighted by Crippen LogP contribution is -2.60. The van der Waals surface area contributed by atoms with Crippen molar-refractivity contribution in [1.29, 1.82) is 0 Å².